The van der Waals surface area contributed by atoms with Gasteiger partial charge in [-0.25, -0.2) is 0 Å². The molecule has 0 aromatic carbocycles. The molecule has 2 rings (SSSR count). The van der Waals surface area contributed by atoms with Crippen LogP contribution in [0.5, 0.6) is 0 Å². The molecule has 2 aliphatic heterocycles. The van der Waals surface area contributed by atoms with Gasteiger partial charge in [0.2, 0.25) is 0 Å². The average molecular weight is 212 g/mol. The number of fused-ring (bicyclic) bond motifs is 1. The van der Waals surface area contributed by atoms with Crippen LogP contribution in [-0.2, 0) is 4.79 Å². The Hall–Kier alpha value is -0.610. The van der Waals surface area contributed by atoms with Crippen molar-refractivity contribution >= 4 is 5.97 Å². The number of nitrogens with zero attached hydrogens (tertiary/aromatic N) is 1. The fourth-order valence-electron chi connectivity index (χ4n) is 3.33. The predicted molar refractivity (Wildman–Crippen MR) is 57.9 cm³/mol. The van der Waals surface area contributed by atoms with Gasteiger partial charge in [-0.15, -0.1) is 0 Å². The average Bonchev–Trinajstić information content (AvgIpc) is 2.70. The topological polar surface area (TPSA) is 52.6 Å². The van der Waals surface area contributed by atoms with E-state index in [0.29, 0.717) is 6.04 Å². The van der Waals surface area contributed by atoms with E-state index in [1.165, 1.54) is 6.42 Å². The Morgan fingerprint density at radius 2 is 2.40 bits per heavy atom. The van der Waals surface area contributed by atoms with Crippen molar-refractivity contribution in [3.05, 3.63) is 0 Å². The van der Waals surface area contributed by atoms with Gasteiger partial charge in [0.05, 0.1) is 6.42 Å². The van der Waals surface area contributed by atoms with Crippen molar-refractivity contribution in [2.24, 2.45) is 0 Å². The summed E-state index contributed by atoms with van der Waals surface area (Å²) in [5.74, 6) is -0.676. The van der Waals surface area contributed by atoms with Crippen molar-refractivity contribution in [3.8, 4) is 0 Å². The van der Waals surface area contributed by atoms with Crippen LogP contribution >= 0.6 is 0 Å². The largest absolute Gasteiger partial charge is 0.481 e. The molecular weight excluding hydrogens is 192 g/mol. The summed E-state index contributed by atoms with van der Waals surface area (Å²) in [4.78, 5) is 13.4. The fraction of sp³-hybridized carbons (Fsp3) is 0.909. The Labute approximate surface area is 90.6 Å². The van der Waals surface area contributed by atoms with Gasteiger partial charge < -0.3 is 10.4 Å². The molecule has 15 heavy (non-hydrogen) atoms. The number of likely N-dealkylation sites (N-methyl/N-ethyl adjacent to an activating group) is 1. The van der Waals surface area contributed by atoms with Crippen LogP contribution in [0.2, 0.25) is 0 Å². The zero-order valence-corrected chi connectivity index (χ0v) is 9.33. The molecule has 2 aliphatic rings. The van der Waals surface area contributed by atoms with E-state index in [2.05, 4.69) is 17.1 Å². The molecule has 2 atom stereocenters. The lowest BCUT2D eigenvalue weighted by Gasteiger charge is -2.34. The summed E-state index contributed by atoms with van der Waals surface area (Å²) >= 11 is 0. The number of carboxylic acid groups (broad SMARTS) is 1. The zero-order chi connectivity index (χ0) is 10.9. The number of aliphatic carboxylic acids is 1. The third-order valence-electron chi connectivity index (χ3n) is 3.84. The molecule has 2 unspecified atom stereocenters. The second-order valence-corrected chi connectivity index (χ2v) is 4.70. The lowest BCUT2D eigenvalue weighted by atomic mass is 9.85. The molecule has 0 radical (unpaired) electrons. The summed E-state index contributed by atoms with van der Waals surface area (Å²) in [6.45, 7) is 5.13. The molecule has 0 spiro atoms. The molecule has 4 heteroatoms. The fourth-order valence-corrected chi connectivity index (χ4v) is 3.33. The Morgan fingerprint density at radius 3 is 3.07 bits per heavy atom. The summed E-state index contributed by atoms with van der Waals surface area (Å²) in [5.41, 5.74) is -0.156. The van der Waals surface area contributed by atoms with E-state index in [4.69, 9.17) is 5.11 Å². The van der Waals surface area contributed by atoms with Crippen LogP contribution in [0.25, 0.3) is 0 Å². The molecule has 0 aliphatic carbocycles. The van der Waals surface area contributed by atoms with Crippen LogP contribution in [0.15, 0.2) is 0 Å². The van der Waals surface area contributed by atoms with Gasteiger partial charge in [-0.1, -0.05) is 6.92 Å². The molecule has 0 bridgehead atoms. The number of carboxylic acids is 1. The summed E-state index contributed by atoms with van der Waals surface area (Å²) in [5, 5.41) is 12.5. The van der Waals surface area contributed by atoms with Crippen molar-refractivity contribution in [1.29, 1.82) is 0 Å². The number of carbonyl (C=O) groups is 1. The van der Waals surface area contributed by atoms with E-state index >= 15 is 0 Å². The Morgan fingerprint density at radius 1 is 1.60 bits per heavy atom. The number of rotatable bonds is 4. The van der Waals surface area contributed by atoms with Crippen LogP contribution in [0, 0.1) is 0 Å². The lowest BCUT2D eigenvalue weighted by molar-refractivity contribution is -0.139. The van der Waals surface area contributed by atoms with Crippen LogP contribution < -0.4 is 5.32 Å². The van der Waals surface area contributed by atoms with Gasteiger partial charge in [-0.05, 0) is 32.4 Å². The summed E-state index contributed by atoms with van der Waals surface area (Å²) in [6, 6.07) is 0.452. The smallest absolute Gasteiger partial charge is 0.305 e. The molecular formula is C11H20N2O2. The third-order valence-corrected chi connectivity index (χ3v) is 3.84. The van der Waals surface area contributed by atoms with E-state index in [1.807, 2.05) is 0 Å². The van der Waals surface area contributed by atoms with E-state index < -0.39 is 5.97 Å². The third kappa shape index (κ3) is 1.88. The van der Waals surface area contributed by atoms with Gasteiger partial charge in [0.1, 0.15) is 0 Å². The molecule has 2 saturated heterocycles. The van der Waals surface area contributed by atoms with Crippen molar-refractivity contribution in [2.45, 2.75) is 44.2 Å². The van der Waals surface area contributed by atoms with Crippen molar-refractivity contribution in [1.82, 2.24) is 10.2 Å². The minimum atomic E-state index is -0.676. The highest BCUT2D eigenvalue weighted by Crippen LogP contribution is 2.38. The molecule has 86 valence electrons. The van der Waals surface area contributed by atoms with Gasteiger partial charge >= 0.3 is 5.97 Å². The lowest BCUT2D eigenvalue weighted by Crippen LogP contribution is -2.54. The highest BCUT2D eigenvalue weighted by Gasteiger charge is 2.49. The standard InChI is InChI=1S/C11H20N2O2/c1-2-12-11(8-10(14)15)5-7-13-6-3-4-9(11)13/h9,12H,2-8H2,1H3,(H,14,15). The minimum absolute atomic E-state index is 0.156. The maximum absolute atomic E-state index is 11.0. The number of hydrogen-bond acceptors (Lipinski definition) is 3. The highest BCUT2D eigenvalue weighted by molar-refractivity contribution is 5.68. The van der Waals surface area contributed by atoms with Crippen LogP contribution in [0.3, 0.4) is 0 Å². The number of nitrogens with one attached hydrogen (secondary N) is 1. The molecule has 2 fully saturated rings. The second-order valence-electron chi connectivity index (χ2n) is 4.70. The van der Waals surface area contributed by atoms with Crippen molar-refractivity contribution in [2.75, 3.05) is 19.6 Å². The quantitative estimate of drug-likeness (QED) is 0.719. The Bertz CT molecular complexity index is 253. The van der Waals surface area contributed by atoms with Crippen molar-refractivity contribution < 1.29 is 9.90 Å². The second kappa shape index (κ2) is 4.10. The molecule has 2 heterocycles. The molecule has 0 aromatic rings. The monoisotopic (exact) mass is 212 g/mol. The molecule has 0 amide bonds. The zero-order valence-electron chi connectivity index (χ0n) is 9.33. The Kier molecular flexibility index (Phi) is 2.98. The summed E-state index contributed by atoms with van der Waals surface area (Å²) in [7, 11) is 0. The van der Waals surface area contributed by atoms with E-state index in [1.54, 1.807) is 0 Å². The van der Waals surface area contributed by atoms with Crippen LogP contribution in [0.1, 0.15) is 32.6 Å². The maximum atomic E-state index is 11.0. The first-order chi connectivity index (χ1) is 7.18. The van der Waals surface area contributed by atoms with Crippen LogP contribution in [0.4, 0.5) is 0 Å². The SMILES string of the molecule is CCNC1(CC(=O)O)CCN2CCCC21. The molecule has 2 N–H and O–H groups in total. The summed E-state index contributed by atoms with van der Waals surface area (Å²) in [6.07, 6.45) is 3.62. The predicted octanol–water partition coefficient (Wildman–Crippen LogP) is 0.678. The molecule has 0 aromatic heterocycles. The molecule has 0 saturated carbocycles. The van der Waals surface area contributed by atoms with E-state index in [0.717, 1.165) is 32.5 Å². The summed E-state index contributed by atoms with van der Waals surface area (Å²) < 4.78 is 0. The van der Waals surface area contributed by atoms with E-state index in [-0.39, 0.29) is 12.0 Å². The highest BCUT2D eigenvalue weighted by atomic mass is 16.4. The van der Waals surface area contributed by atoms with Crippen molar-refractivity contribution in [3.63, 3.8) is 0 Å². The van der Waals surface area contributed by atoms with Gasteiger partial charge in [-0.2, -0.15) is 0 Å². The van der Waals surface area contributed by atoms with Gasteiger partial charge in [-0.3, -0.25) is 9.69 Å². The minimum Gasteiger partial charge on any atom is -0.481 e. The Balaban J connectivity index is 2.14. The first-order valence-electron chi connectivity index (χ1n) is 5.89. The van der Waals surface area contributed by atoms with Gasteiger partial charge in [0.25, 0.3) is 0 Å². The van der Waals surface area contributed by atoms with Gasteiger partial charge in [0.15, 0.2) is 0 Å². The number of hydrogen-bond donors (Lipinski definition) is 2. The molecule has 4 nitrogen and oxygen atoms in total. The van der Waals surface area contributed by atoms with E-state index in [9.17, 15) is 4.79 Å². The van der Waals surface area contributed by atoms with Gasteiger partial charge in [0, 0.05) is 18.1 Å². The first kappa shape index (κ1) is 10.9. The first-order valence-corrected chi connectivity index (χ1v) is 5.89. The maximum Gasteiger partial charge on any atom is 0.305 e. The van der Waals surface area contributed by atoms with Crippen LogP contribution in [-0.4, -0.2) is 47.2 Å². The normalized spacial score (nSPS) is 35.7.